The summed E-state index contributed by atoms with van der Waals surface area (Å²) in [5, 5.41) is 0. The maximum absolute atomic E-state index is 5.43. The molecule has 2 aliphatic rings. The van der Waals surface area contributed by atoms with Gasteiger partial charge in [0.25, 0.3) is 0 Å². The van der Waals surface area contributed by atoms with Gasteiger partial charge in [-0.1, -0.05) is 0 Å². The maximum atomic E-state index is 5.43. The molecule has 4 aromatic carbocycles. The van der Waals surface area contributed by atoms with E-state index >= 15 is 0 Å². The molecule has 0 saturated heterocycles. The average Bonchev–Trinajstić information content (AvgIpc) is 4.04. The van der Waals surface area contributed by atoms with E-state index in [4.69, 9.17) is 9.97 Å². The summed E-state index contributed by atoms with van der Waals surface area (Å²) in [7, 11) is 0. The van der Waals surface area contributed by atoms with Crippen LogP contribution in [-0.2, 0) is 59.8 Å². The minimum absolute atomic E-state index is 0.389. The number of hydrogen-bond acceptors (Lipinski definition) is 2. The van der Waals surface area contributed by atoms with Crippen LogP contribution in [0.25, 0.3) is 46.4 Å². The summed E-state index contributed by atoms with van der Waals surface area (Å²) in [5.74, 6) is 0. The van der Waals surface area contributed by atoms with Crippen LogP contribution in [0.2, 0.25) is 0 Å². The number of benzene rings is 4. The Morgan fingerprint density at radius 1 is 0.288 bits per heavy atom. The number of nitrogens with zero attached hydrogens (tertiary/aromatic N) is 2. The molecule has 0 aliphatic carbocycles. The van der Waals surface area contributed by atoms with E-state index in [1.807, 2.05) is 0 Å². The predicted molar refractivity (Wildman–Crippen MR) is 202 cm³/mol. The van der Waals surface area contributed by atoms with E-state index in [0.29, 0.717) is 59.8 Å². The predicted octanol–water partition coefficient (Wildman–Crippen LogP) is 4.79. The van der Waals surface area contributed by atoms with Gasteiger partial charge >= 0.3 is 330 Å². The molecule has 0 saturated carbocycles. The molecule has 4 nitrogen and oxygen atoms in total. The van der Waals surface area contributed by atoms with Gasteiger partial charge in [-0.05, 0) is 0 Å². The summed E-state index contributed by atoms with van der Waals surface area (Å²) >= 11 is 1.56. The number of H-pyrrole nitrogens is 2. The summed E-state index contributed by atoms with van der Waals surface area (Å²) < 4.78 is 9.92. The van der Waals surface area contributed by atoms with E-state index in [2.05, 4.69) is 180 Å². The fourth-order valence-electron chi connectivity index (χ4n) is 5.81. The summed E-state index contributed by atoms with van der Waals surface area (Å²) in [4.78, 5) is 18.6. The number of fused-ring (bicyclic) bond motifs is 8. The molecule has 0 spiro atoms. The van der Waals surface area contributed by atoms with Crippen molar-refractivity contribution in [3.8, 4) is 0 Å². The van der Waals surface area contributed by atoms with Gasteiger partial charge in [-0.25, -0.2) is 0 Å². The monoisotopic (exact) mass is 834 g/mol. The third-order valence-corrected chi connectivity index (χ3v) is 14.8. The Balaban J connectivity index is 1.36. The van der Waals surface area contributed by atoms with Crippen molar-refractivity contribution in [2.24, 2.45) is 0 Å². The average molecular weight is 835 g/mol. The summed E-state index contributed by atoms with van der Waals surface area (Å²) in [5.41, 5.74) is 8.36. The van der Waals surface area contributed by atoms with Crippen LogP contribution in [0.15, 0.2) is 146 Å². The van der Waals surface area contributed by atoms with Crippen molar-refractivity contribution in [2.75, 3.05) is 0 Å². The first-order valence-electron chi connectivity index (χ1n) is 16.7. The van der Waals surface area contributed by atoms with Crippen molar-refractivity contribution in [3.05, 3.63) is 168 Å². The molecule has 5 heterocycles. The van der Waals surface area contributed by atoms with Crippen LogP contribution in [0.3, 0.4) is 0 Å². The zero-order valence-corrected chi connectivity index (χ0v) is 32.3. The fraction of sp³-hybridized carbons (Fsp3) is 0. The van der Waals surface area contributed by atoms with Gasteiger partial charge in [0.1, 0.15) is 0 Å². The standard InChI is InChI=1S/C20H10N4.4C6H5.4Mn/c1-2-14-10-16-5-6-18(23-16)12-20-8-7-19(24-20)11-17-4-3-15(22-17)9-13(1)21-14;4*1-2-4-6-5-3-1;;;;/h1-8,21,24H;4*1-5H;;;;. The van der Waals surface area contributed by atoms with Crippen molar-refractivity contribution in [1.82, 2.24) is 19.9 Å². The molecule has 0 fully saturated rings. The molecule has 0 atom stereocenters. The SMILES string of the molecule is C1=Cc2nc1[c]([Mn][c]1ccccc1)c1ccc([nH]1)[c]([Mn][c]1ccccc1)c1nc([c]([Mn][c]3ccccc3)c3ccc([nH]3)[c]2[Mn][c]2ccccc2)C=C1. The summed E-state index contributed by atoms with van der Waals surface area (Å²) in [6.07, 6.45) is 8.82. The molecule has 2 N–H and O–H groups in total. The third kappa shape index (κ3) is 7.27. The number of nitrogens with one attached hydrogen (secondary N) is 2. The summed E-state index contributed by atoms with van der Waals surface area (Å²) in [6, 6.07) is 51.9. The zero-order valence-electron chi connectivity index (χ0n) is 27.6. The van der Waals surface area contributed by atoms with Crippen molar-refractivity contribution >= 4 is 82.1 Å². The van der Waals surface area contributed by atoms with Gasteiger partial charge in [-0.2, -0.15) is 0 Å². The van der Waals surface area contributed by atoms with E-state index in [0.717, 1.165) is 44.8 Å². The van der Waals surface area contributed by atoms with Gasteiger partial charge in [0.15, 0.2) is 0 Å². The number of rotatable bonds is 8. The van der Waals surface area contributed by atoms with Gasteiger partial charge in [0, 0.05) is 0 Å². The first-order valence-corrected chi connectivity index (χ1v) is 21.4. The molecule has 8 bridgehead atoms. The van der Waals surface area contributed by atoms with Gasteiger partial charge in [-0.3, -0.25) is 0 Å². The fourth-order valence-corrected chi connectivity index (χ4v) is 11.5. The van der Waals surface area contributed by atoms with Gasteiger partial charge < -0.3 is 0 Å². The number of aromatic amines is 2. The Labute approximate surface area is 327 Å². The zero-order chi connectivity index (χ0) is 34.7. The first-order chi connectivity index (χ1) is 25.7. The van der Waals surface area contributed by atoms with Crippen LogP contribution >= 0.6 is 0 Å². The van der Waals surface area contributed by atoms with Crippen LogP contribution in [0.1, 0.15) is 22.8 Å². The van der Waals surface area contributed by atoms with Crippen molar-refractivity contribution in [2.45, 2.75) is 0 Å². The molecular weight excluding hydrogens is 804 g/mol. The van der Waals surface area contributed by atoms with Crippen LogP contribution < -0.4 is 35.7 Å². The van der Waals surface area contributed by atoms with Crippen molar-refractivity contribution in [1.29, 1.82) is 0 Å². The van der Waals surface area contributed by atoms with E-state index in [9.17, 15) is 0 Å². The van der Waals surface area contributed by atoms with Crippen LogP contribution in [0, 0.1) is 0 Å². The molecule has 7 aromatic rings. The Morgan fingerprint density at radius 2 is 0.519 bits per heavy atom. The van der Waals surface area contributed by atoms with Gasteiger partial charge in [0.05, 0.1) is 0 Å². The van der Waals surface area contributed by atoms with E-state index in [1.54, 1.807) is 0 Å². The molecule has 0 amide bonds. The van der Waals surface area contributed by atoms with Crippen LogP contribution in [0.5, 0.6) is 0 Å². The Kier molecular flexibility index (Phi) is 9.81. The molecule has 52 heavy (non-hydrogen) atoms. The quantitative estimate of drug-likeness (QED) is 0.217. The van der Waals surface area contributed by atoms with Gasteiger partial charge in [-0.15, -0.1) is 0 Å². The number of hydrogen-bond donors (Lipinski definition) is 2. The van der Waals surface area contributed by atoms with Crippen molar-refractivity contribution in [3.63, 3.8) is 0 Å². The number of aromatic nitrogens is 4. The molecule has 2 aliphatic heterocycles. The second kappa shape index (κ2) is 15.3. The van der Waals surface area contributed by atoms with Crippen LogP contribution in [0.4, 0.5) is 0 Å². The third-order valence-electron chi connectivity index (χ3n) is 8.24. The second-order valence-electron chi connectivity index (χ2n) is 11.8. The normalized spacial score (nSPS) is 12.0. The molecule has 0 unspecified atom stereocenters. The molecule has 254 valence electrons. The van der Waals surface area contributed by atoms with E-state index < -0.39 is 0 Å². The van der Waals surface area contributed by atoms with Gasteiger partial charge in [0.2, 0.25) is 0 Å². The molecule has 3 aromatic heterocycles. The Morgan fingerprint density at radius 3 is 0.750 bits per heavy atom. The van der Waals surface area contributed by atoms with E-state index in [-0.39, 0.29) is 0 Å². The second-order valence-corrected chi connectivity index (χ2v) is 18.1. The van der Waals surface area contributed by atoms with E-state index in [1.165, 1.54) is 35.7 Å². The molecule has 0 radical (unpaired) electrons. The molecule has 8 heteroatoms. The van der Waals surface area contributed by atoms with Crippen molar-refractivity contribution < 1.29 is 59.8 Å². The Bertz CT molecular complexity index is 2260. The molecular formula is C44H30Mn4N4. The first kappa shape index (κ1) is 33.4. The molecule has 9 rings (SSSR count). The Hall–Kier alpha value is -4.44. The summed E-state index contributed by atoms with van der Waals surface area (Å²) in [6.45, 7) is 0. The minimum atomic E-state index is 0.389. The van der Waals surface area contributed by atoms with Crippen LogP contribution in [-0.4, -0.2) is 19.9 Å². The topological polar surface area (TPSA) is 57.4 Å².